The zero-order valence-electron chi connectivity index (χ0n) is 39.0. The Morgan fingerprint density at radius 2 is 0.708 bits per heavy atom. The third-order valence-corrected chi connectivity index (χ3v) is 11.0. The van der Waals surface area contributed by atoms with Crippen LogP contribution < -0.4 is 0 Å². The molecule has 2 aliphatic heterocycles. The van der Waals surface area contributed by atoms with E-state index in [1.807, 2.05) is 0 Å². The first kappa shape index (κ1) is 51.8. The maximum atomic E-state index is 14.1. The van der Waals surface area contributed by atoms with Gasteiger partial charge in [0.15, 0.2) is 49.2 Å². The molecule has 0 spiro atoms. The first-order chi connectivity index (χ1) is 34.9. The Bertz CT molecular complexity index is 2630. The van der Waals surface area contributed by atoms with Crippen LogP contribution in [0.5, 0.6) is 0 Å². The molecule has 2 aliphatic rings. The van der Waals surface area contributed by atoms with Crippen LogP contribution in [0.3, 0.4) is 0 Å². The molecule has 2 fully saturated rings. The molecular weight excluding hydrogens is 937 g/mol. The largest absolute Gasteiger partial charge is 0.463 e. The predicted octanol–water partition coefficient (Wildman–Crippen LogP) is 6.28. The van der Waals surface area contributed by atoms with Crippen LogP contribution in [-0.4, -0.2) is 123 Å². The van der Waals surface area contributed by atoms with Gasteiger partial charge >= 0.3 is 41.8 Å². The Balaban J connectivity index is 1.32. The summed E-state index contributed by atoms with van der Waals surface area (Å²) in [6.45, 7) is 4.43. The third-order valence-electron chi connectivity index (χ3n) is 11.0. The van der Waals surface area contributed by atoms with E-state index in [2.05, 4.69) is 6.58 Å². The van der Waals surface area contributed by atoms with E-state index in [4.69, 9.17) is 52.1 Å². The summed E-state index contributed by atoms with van der Waals surface area (Å²) in [6.07, 6.45) is -15.1. The molecule has 7 rings (SSSR count). The molecule has 374 valence electrons. The van der Waals surface area contributed by atoms with Crippen LogP contribution >= 0.6 is 0 Å². The Morgan fingerprint density at radius 3 is 1.04 bits per heavy atom. The molecule has 0 aromatic heterocycles. The molecule has 72 heavy (non-hydrogen) atoms. The molecule has 18 heteroatoms. The van der Waals surface area contributed by atoms with Crippen molar-refractivity contribution < 1.29 is 85.7 Å². The number of rotatable bonds is 19. The lowest BCUT2D eigenvalue weighted by Crippen LogP contribution is -2.65. The molecule has 0 aliphatic carbocycles. The van der Waals surface area contributed by atoms with E-state index in [1.165, 1.54) is 66.7 Å². The maximum absolute atomic E-state index is 14.1. The first-order valence-corrected chi connectivity index (χ1v) is 22.7. The van der Waals surface area contributed by atoms with Crippen molar-refractivity contribution in [3.63, 3.8) is 0 Å². The SMILES string of the molecule is C=CCO[C@H]1O[C@H](CO[C@H]2O[C@H](COC(C)=O)[C@@H](OC(=O)c3ccccc3)[C@H](OC(=O)c3ccccc3)[C@@H]2OC(=O)c2ccccc2)[C@@H](OC(=O)c2ccccc2)[C@H](OC(=O)c2ccccc2)[C@@H]1OC(C)=O. The smallest absolute Gasteiger partial charge is 0.338 e. The second-order valence-corrected chi connectivity index (χ2v) is 16.1. The normalized spacial score (nSPS) is 23.5. The molecular formula is C54H50O18. The average molecular weight is 987 g/mol. The van der Waals surface area contributed by atoms with Gasteiger partial charge in [-0.3, -0.25) is 9.59 Å². The molecule has 0 N–H and O–H groups in total. The lowest BCUT2D eigenvalue weighted by Gasteiger charge is -2.46. The minimum atomic E-state index is -1.82. The van der Waals surface area contributed by atoms with Gasteiger partial charge < -0.3 is 52.1 Å². The molecule has 10 atom stereocenters. The number of carbonyl (C=O) groups is 7. The number of esters is 7. The summed E-state index contributed by atoms with van der Waals surface area (Å²) in [5.74, 6) is -6.23. The van der Waals surface area contributed by atoms with Gasteiger partial charge in [0.05, 0.1) is 41.0 Å². The zero-order chi connectivity index (χ0) is 51.0. The minimum absolute atomic E-state index is 0.0505. The van der Waals surface area contributed by atoms with Gasteiger partial charge in [0.2, 0.25) is 0 Å². The second-order valence-electron chi connectivity index (χ2n) is 16.1. The van der Waals surface area contributed by atoms with E-state index in [-0.39, 0.29) is 34.4 Å². The molecule has 0 saturated carbocycles. The number of hydrogen-bond acceptors (Lipinski definition) is 18. The summed E-state index contributed by atoms with van der Waals surface area (Å²) in [6, 6.07) is 39.0. The van der Waals surface area contributed by atoms with Crippen molar-refractivity contribution >= 4 is 41.8 Å². The molecule has 18 nitrogen and oxygen atoms in total. The molecule has 2 saturated heterocycles. The van der Waals surface area contributed by atoms with Crippen LogP contribution in [-0.2, 0) is 61.7 Å². The quantitative estimate of drug-likeness (QED) is 0.0505. The van der Waals surface area contributed by atoms with Gasteiger partial charge in [0.1, 0.15) is 18.8 Å². The van der Waals surface area contributed by atoms with E-state index in [9.17, 15) is 33.6 Å². The first-order valence-electron chi connectivity index (χ1n) is 22.7. The van der Waals surface area contributed by atoms with E-state index in [1.54, 1.807) is 91.0 Å². The van der Waals surface area contributed by atoms with Gasteiger partial charge in [-0.15, -0.1) is 6.58 Å². The van der Waals surface area contributed by atoms with E-state index < -0.39 is 116 Å². The molecule has 0 amide bonds. The van der Waals surface area contributed by atoms with E-state index in [0.29, 0.717) is 0 Å². The Labute approximate surface area is 413 Å². The molecule has 0 bridgehead atoms. The highest BCUT2D eigenvalue weighted by Crippen LogP contribution is 2.35. The summed E-state index contributed by atoms with van der Waals surface area (Å²) in [4.78, 5) is 95.1. The van der Waals surface area contributed by atoms with Crippen molar-refractivity contribution in [3.8, 4) is 0 Å². The monoisotopic (exact) mass is 986 g/mol. The van der Waals surface area contributed by atoms with E-state index >= 15 is 0 Å². The van der Waals surface area contributed by atoms with E-state index in [0.717, 1.165) is 13.8 Å². The van der Waals surface area contributed by atoms with Crippen LogP contribution in [0.4, 0.5) is 0 Å². The Hall–Kier alpha value is -8.03. The van der Waals surface area contributed by atoms with Gasteiger partial charge in [-0.05, 0) is 60.7 Å². The maximum Gasteiger partial charge on any atom is 0.338 e. The zero-order valence-corrected chi connectivity index (χ0v) is 39.0. The molecule has 2 heterocycles. The Kier molecular flexibility index (Phi) is 18.1. The summed E-state index contributed by atoms with van der Waals surface area (Å²) >= 11 is 0. The van der Waals surface area contributed by atoms with Gasteiger partial charge in [-0.25, -0.2) is 24.0 Å². The molecule has 5 aromatic rings. The van der Waals surface area contributed by atoms with Crippen molar-refractivity contribution in [1.29, 1.82) is 0 Å². The van der Waals surface area contributed by atoms with Gasteiger partial charge in [0, 0.05) is 13.8 Å². The van der Waals surface area contributed by atoms with Crippen molar-refractivity contribution in [2.24, 2.45) is 0 Å². The van der Waals surface area contributed by atoms with Crippen molar-refractivity contribution in [2.75, 3.05) is 19.8 Å². The van der Waals surface area contributed by atoms with Gasteiger partial charge in [-0.1, -0.05) is 97.1 Å². The number of hydrogen-bond donors (Lipinski definition) is 0. The predicted molar refractivity (Wildman–Crippen MR) is 250 cm³/mol. The summed E-state index contributed by atoms with van der Waals surface area (Å²) in [7, 11) is 0. The fourth-order valence-corrected chi connectivity index (χ4v) is 7.67. The van der Waals surface area contributed by atoms with Crippen LogP contribution in [0, 0.1) is 0 Å². The highest BCUT2D eigenvalue weighted by molar-refractivity contribution is 5.92. The summed E-state index contributed by atoms with van der Waals surface area (Å²) in [5.41, 5.74) is 0.361. The van der Waals surface area contributed by atoms with Crippen molar-refractivity contribution in [1.82, 2.24) is 0 Å². The highest BCUT2D eigenvalue weighted by atomic mass is 16.8. The third kappa shape index (κ3) is 13.6. The van der Waals surface area contributed by atoms with Gasteiger partial charge in [0.25, 0.3) is 0 Å². The summed E-state index contributed by atoms with van der Waals surface area (Å²) < 4.78 is 66.8. The van der Waals surface area contributed by atoms with Crippen LogP contribution in [0.25, 0.3) is 0 Å². The standard InChI is InChI=1S/C54H50O18/c1-4-30-62-53-46(65-34(3)56)44(70-50(59)37-24-14-7-15-25-37)43(69-49(58)36-22-12-6-13-23-36)41(66-53)32-64-54-47(72-52(61)39-28-18-9-19-29-39)45(71-51(60)38-26-16-8-17-27-38)42(40(67-54)31-63-33(2)55)68-48(57)35-20-10-5-11-21-35/h4-29,40-47,53-54H,1,30-32H2,2-3H3/t40-,41-,42-,43-,44+,45+,46+,47+,53+,54+/m1/s1. The number of ether oxygens (including phenoxy) is 11. The van der Waals surface area contributed by atoms with Crippen molar-refractivity contribution in [2.45, 2.75) is 75.3 Å². The van der Waals surface area contributed by atoms with Crippen LogP contribution in [0.15, 0.2) is 164 Å². The van der Waals surface area contributed by atoms with Crippen LogP contribution in [0.2, 0.25) is 0 Å². The molecule has 5 aromatic carbocycles. The topological polar surface area (TPSA) is 221 Å². The lowest BCUT2D eigenvalue weighted by molar-refractivity contribution is -0.328. The average Bonchev–Trinajstić information content (AvgIpc) is 3.40. The van der Waals surface area contributed by atoms with Gasteiger partial charge in [-0.2, -0.15) is 0 Å². The fraction of sp³-hybridized carbons (Fsp3) is 0.278. The fourth-order valence-electron chi connectivity index (χ4n) is 7.67. The number of benzene rings is 5. The van der Waals surface area contributed by atoms with Crippen LogP contribution in [0.1, 0.15) is 65.6 Å². The molecule has 0 radical (unpaired) electrons. The molecule has 0 unspecified atom stereocenters. The lowest BCUT2D eigenvalue weighted by atomic mass is 9.96. The number of carbonyl (C=O) groups excluding carboxylic acids is 7. The second kappa shape index (κ2) is 25.2. The minimum Gasteiger partial charge on any atom is -0.463 e. The van der Waals surface area contributed by atoms with Crippen molar-refractivity contribution in [3.05, 3.63) is 192 Å². The Morgan fingerprint density at radius 1 is 0.403 bits per heavy atom. The summed E-state index contributed by atoms with van der Waals surface area (Å²) in [5, 5.41) is 0. The highest BCUT2D eigenvalue weighted by Gasteiger charge is 2.56.